The molecular weight excluding hydrogens is 274 g/mol. The summed E-state index contributed by atoms with van der Waals surface area (Å²) >= 11 is 6.05. The highest BCUT2D eigenvalue weighted by molar-refractivity contribution is 6.32. The summed E-state index contributed by atoms with van der Waals surface area (Å²) in [5.74, 6) is 0.511. The molecule has 0 saturated heterocycles. The van der Waals surface area contributed by atoms with E-state index < -0.39 is 0 Å². The first-order valence-electron chi connectivity index (χ1n) is 6.51. The third-order valence-corrected chi connectivity index (χ3v) is 3.37. The zero-order valence-corrected chi connectivity index (χ0v) is 12.3. The summed E-state index contributed by atoms with van der Waals surface area (Å²) in [5.41, 5.74) is 1.87. The van der Waals surface area contributed by atoms with Crippen LogP contribution in [0.4, 0.5) is 0 Å². The highest BCUT2D eigenvalue weighted by atomic mass is 35.5. The minimum absolute atomic E-state index is 0.0977. The van der Waals surface area contributed by atoms with Gasteiger partial charge in [-0.2, -0.15) is 0 Å². The van der Waals surface area contributed by atoms with Crippen LogP contribution in [-0.4, -0.2) is 17.4 Å². The third-order valence-electron chi connectivity index (χ3n) is 2.96. The van der Waals surface area contributed by atoms with Crippen LogP contribution in [-0.2, 0) is 0 Å². The van der Waals surface area contributed by atoms with Crippen molar-refractivity contribution in [2.75, 3.05) is 6.61 Å². The fraction of sp³-hybridized carbons (Fsp3) is 0.250. The number of ketones is 1. The lowest BCUT2D eigenvalue weighted by Gasteiger charge is -2.08. The van der Waals surface area contributed by atoms with Crippen molar-refractivity contribution in [1.29, 1.82) is 0 Å². The first kappa shape index (κ1) is 14.5. The van der Waals surface area contributed by atoms with E-state index in [0.29, 0.717) is 28.5 Å². The van der Waals surface area contributed by atoms with Gasteiger partial charge in [-0.3, -0.25) is 9.78 Å². The Balaban J connectivity index is 2.31. The number of carbonyl (C=O) groups is 1. The molecule has 0 radical (unpaired) electrons. The second kappa shape index (κ2) is 6.53. The van der Waals surface area contributed by atoms with Crippen molar-refractivity contribution >= 4 is 17.4 Å². The number of nitrogens with zero attached hydrogens (tertiary/aromatic N) is 1. The fourth-order valence-electron chi connectivity index (χ4n) is 1.85. The molecule has 0 fully saturated rings. The van der Waals surface area contributed by atoms with E-state index in [9.17, 15) is 4.79 Å². The molecule has 3 nitrogen and oxygen atoms in total. The molecule has 2 rings (SSSR count). The van der Waals surface area contributed by atoms with Gasteiger partial charge in [-0.1, -0.05) is 30.7 Å². The van der Waals surface area contributed by atoms with Crippen LogP contribution in [0.5, 0.6) is 5.75 Å². The van der Waals surface area contributed by atoms with Crippen molar-refractivity contribution in [3.05, 3.63) is 58.4 Å². The number of hydrogen-bond donors (Lipinski definition) is 0. The zero-order valence-electron chi connectivity index (χ0n) is 11.5. The maximum absolute atomic E-state index is 12.5. The summed E-state index contributed by atoms with van der Waals surface area (Å²) in [4.78, 5) is 16.5. The third kappa shape index (κ3) is 3.17. The lowest BCUT2D eigenvalue weighted by atomic mass is 10.0. The fourth-order valence-corrected chi connectivity index (χ4v) is 2.03. The van der Waals surface area contributed by atoms with E-state index >= 15 is 0 Å². The quantitative estimate of drug-likeness (QED) is 0.779. The zero-order chi connectivity index (χ0) is 14.5. The molecule has 0 aliphatic rings. The van der Waals surface area contributed by atoms with Crippen molar-refractivity contribution in [2.24, 2.45) is 0 Å². The van der Waals surface area contributed by atoms with Crippen LogP contribution >= 0.6 is 11.6 Å². The maximum atomic E-state index is 12.5. The molecule has 0 saturated carbocycles. The van der Waals surface area contributed by atoms with Crippen LogP contribution < -0.4 is 4.74 Å². The Morgan fingerprint density at radius 1 is 1.35 bits per heavy atom. The first-order chi connectivity index (χ1) is 9.63. The Kier molecular flexibility index (Phi) is 4.74. The average molecular weight is 290 g/mol. The van der Waals surface area contributed by atoms with Gasteiger partial charge in [0.1, 0.15) is 5.75 Å². The van der Waals surface area contributed by atoms with Crippen LogP contribution in [0.2, 0.25) is 5.02 Å². The summed E-state index contributed by atoms with van der Waals surface area (Å²) in [6.07, 6.45) is 4.06. The molecule has 1 aromatic heterocycles. The molecule has 0 aliphatic carbocycles. The molecule has 0 aliphatic heterocycles. The van der Waals surface area contributed by atoms with Crippen molar-refractivity contribution in [1.82, 2.24) is 4.98 Å². The Bertz CT molecular complexity index is 626. The van der Waals surface area contributed by atoms with E-state index in [1.165, 1.54) is 0 Å². The Morgan fingerprint density at radius 2 is 2.15 bits per heavy atom. The van der Waals surface area contributed by atoms with Crippen LogP contribution in [0, 0.1) is 6.92 Å². The number of benzene rings is 1. The van der Waals surface area contributed by atoms with Crippen LogP contribution in [0.15, 0.2) is 36.7 Å². The Hall–Kier alpha value is -1.87. The van der Waals surface area contributed by atoms with Gasteiger partial charge >= 0.3 is 0 Å². The van der Waals surface area contributed by atoms with E-state index in [1.54, 1.807) is 36.7 Å². The van der Waals surface area contributed by atoms with Crippen LogP contribution in [0.3, 0.4) is 0 Å². The molecule has 0 bridgehead atoms. The second-order valence-electron chi connectivity index (χ2n) is 4.50. The molecule has 4 heteroatoms. The molecule has 104 valence electrons. The molecule has 0 atom stereocenters. The number of aromatic nitrogens is 1. The lowest BCUT2D eigenvalue weighted by Crippen LogP contribution is -2.05. The molecule has 1 heterocycles. The SMILES string of the molecule is CCCOc1cncc(C(=O)c2cccc(Cl)c2C)c1. The number of halogens is 1. The number of hydrogen-bond acceptors (Lipinski definition) is 3. The normalized spacial score (nSPS) is 10.3. The number of rotatable bonds is 5. The molecule has 0 spiro atoms. The molecule has 1 aromatic carbocycles. The summed E-state index contributed by atoms with van der Waals surface area (Å²) in [6, 6.07) is 7.02. The van der Waals surface area contributed by atoms with Crippen molar-refractivity contribution in [3.8, 4) is 5.75 Å². The van der Waals surface area contributed by atoms with Gasteiger partial charge in [0.2, 0.25) is 0 Å². The minimum Gasteiger partial charge on any atom is -0.492 e. The highest BCUT2D eigenvalue weighted by Gasteiger charge is 2.14. The van der Waals surface area contributed by atoms with Gasteiger partial charge < -0.3 is 4.74 Å². The Morgan fingerprint density at radius 3 is 2.90 bits per heavy atom. The van der Waals surface area contributed by atoms with Gasteiger partial charge in [-0.05, 0) is 31.0 Å². The first-order valence-corrected chi connectivity index (χ1v) is 6.89. The van der Waals surface area contributed by atoms with Gasteiger partial charge in [0.25, 0.3) is 0 Å². The minimum atomic E-state index is -0.0977. The largest absolute Gasteiger partial charge is 0.492 e. The maximum Gasteiger partial charge on any atom is 0.195 e. The standard InChI is InChI=1S/C16H16ClNO2/c1-3-7-20-13-8-12(9-18-10-13)16(19)14-5-4-6-15(17)11(14)2/h4-6,8-10H,3,7H2,1-2H3. The van der Waals surface area contributed by atoms with Gasteiger partial charge in [0.05, 0.1) is 12.8 Å². The number of pyridine rings is 1. The van der Waals surface area contributed by atoms with E-state index in [2.05, 4.69) is 4.98 Å². The molecule has 0 amide bonds. The van der Waals surface area contributed by atoms with E-state index in [1.807, 2.05) is 13.8 Å². The highest BCUT2D eigenvalue weighted by Crippen LogP contribution is 2.22. The molecule has 20 heavy (non-hydrogen) atoms. The van der Waals surface area contributed by atoms with Crippen molar-refractivity contribution in [3.63, 3.8) is 0 Å². The predicted octanol–water partition coefficient (Wildman–Crippen LogP) is 4.06. The van der Waals surface area contributed by atoms with Gasteiger partial charge in [-0.15, -0.1) is 0 Å². The van der Waals surface area contributed by atoms with Crippen LogP contribution in [0.25, 0.3) is 0 Å². The Labute approximate surface area is 123 Å². The van der Waals surface area contributed by atoms with Crippen molar-refractivity contribution < 1.29 is 9.53 Å². The molecule has 0 unspecified atom stereocenters. The molecule has 0 N–H and O–H groups in total. The summed E-state index contributed by atoms with van der Waals surface area (Å²) in [6.45, 7) is 4.47. The predicted molar refractivity (Wildman–Crippen MR) is 79.6 cm³/mol. The molecule has 2 aromatic rings. The average Bonchev–Trinajstić information content (AvgIpc) is 2.47. The van der Waals surface area contributed by atoms with E-state index in [-0.39, 0.29) is 5.78 Å². The van der Waals surface area contributed by atoms with Crippen molar-refractivity contribution in [2.45, 2.75) is 20.3 Å². The number of carbonyl (C=O) groups excluding carboxylic acids is 1. The van der Waals surface area contributed by atoms with E-state index in [0.717, 1.165) is 12.0 Å². The summed E-state index contributed by atoms with van der Waals surface area (Å²) < 4.78 is 5.50. The van der Waals surface area contributed by atoms with Gasteiger partial charge in [0.15, 0.2) is 5.78 Å². The van der Waals surface area contributed by atoms with E-state index in [4.69, 9.17) is 16.3 Å². The number of ether oxygens (including phenoxy) is 1. The van der Waals surface area contributed by atoms with Gasteiger partial charge in [0, 0.05) is 22.3 Å². The lowest BCUT2D eigenvalue weighted by molar-refractivity contribution is 0.103. The van der Waals surface area contributed by atoms with Gasteiger partial charge in [-0.25, -0.2) is 0 Å². The summed E-state index contributed by atoms with van der Waals surface area (Å²) in [7, 11) is 0. The summed E-state index contributed by atoms with van der Waals surface area (Å²) in [5, 5.41) is 0.585. The monoisotopic (exact) mass is 289 g/mol. The topological polar surface area (TPSA) is 39.2 Å². The molecular formula is C16H16ClNO2. The van der Waals surface area contributed by atoms with Crippen LogP contribution in [0.1, 0.15) is 34.8 Å². The second-order valence-corrected chi connectivity index (χ2v) is 4.91. The smallest absolute Gasteiger partial charge is 0.195 e.